The van der Waals surface area contributed by atoms with Crippen LogP contribution < -0.4 is 5.32 Å². The third-order valence-electron chi connectivity index (χ3n) is 5.77. The van der Waals surface area contributed by atoms with Crippen LogP contribution in [0.15, 0.2) is 24.3 Å². The Kier molecular flexibility index (Phi) is 3.05. The smallest absolute Gasteiger partial charge is 0.313 e. The summed E-state index contributed by atoms with van der Waals surface area (Å²) in [5, 5.41) is 13.5. The van der Waals surface area contributed by atoms with Crippen molar-refractivity contribution in [2.24, 2.45) is 10.8 Å². The Morgan fingerprint density at radius 1 is 1.30 bits per heavy atom. The van der Waals surface area contributed by atoms with Gasteiger partial charge in [0.15, 0.2) is 5.60 Å². The van der Waals surface area contributed by atoms with Gasteiger partial charge in [0.2, 0.25) is 0 Å². The molecule has 1 aromatic rings. The first-order valence-electron chi connectivity index (χ1n) is 7.43. The summed E-state index contributed by atoms with van der Waals surface area (Å²) in [6.07, 6.45) is 1.03. The van der Waals surface area contributed by atoms with Crippen LogP contribution >= 0.6 is 0 Å². The lowest BCUT2D eigenvalue weighted by Crippen LogP contribution is -2.50. The summed E-state index contributed by atoms with van der Waals surface area (Å²) in [5.74, 6) is -0.791. The maximum Gasteiger partial charge on any atom is 0.313 e. The number of hydrogen-bond acceptors (Lipinski definition) is 5. The number of nitrogens with one attached hydrogen (secondary N) is 1. The molecule has 7 heteroatoms. The zero-order valence-corrected chi connectivity index (χ0v) is 13.2. The normalized spacial score (nSPS) is 30.8. The standard InChI is InChI=1S/C16H18N2O5/c1-14(2)15(3)7-8-16(14,23-13(15)20)12(19)17-10-5-4-6-11(9-10)18(21)22/h4-6,9H,7-8H2,1-3H3,(H,17,19)/t15-,16+/m0/s1. The predicted molar refractivity (Wildman–Crippen MR) is 81.7 cm³/mol. The minimum Gasteiger partial charge on any atom is -0.448 e. The molecule has 1 heterocycles. The van der Waals surface area contributed by atoms with Crippen LogP contribution in [-0.4, -0.2) is 22.4 Å². The molecule has 3 rings (SSSR count). The van der Waals surface area contributed by atoms with Gasteiger partial charge in [-0.2, -0.15) is 0 Å². The predicted octanol–water partition coefficient (Wildman–Crippen LogP) is 2.66. The van der Waals surface area contributed by atoms with E-state index in [0.29, 0.717) is 18.5 Å². The number of ether oxygens (including phenoxy) is 1. The van der Waals surface area contributed by atoms with E-state index in [2.05, 4.69) is 5.32 Å². The molecule has 1 amide bonds. The second kappa shape index (κ2) is 4.53. The van der Waals surface area contributed by atoms with Crippen LogP contribution in [0.5, 0.6) is 0 Å². The summed E-state index contributed by atoms with van der Waals surface area (Å²) in [7, 11) is 0. The molecule has 0 unspecified atom stereocenters. The molecule has 7 nitrogen and oxygen atoms in total. The molecule has 1 saturated heterocycles. The first-order chi connectivity index (χ1) is 10.6. The van der Waals surface area contributed by atoms with Crippen LogP contribution in [0, 0.1) is 20.9 Å². The number of amides is 1. The van der Waals surface area contributed by atoms with Gasteiger partial charge >= 0.3 is 5.97 Å². The summed E-state index contributed by atoms with van der Waals surface area (Å²) in [6, 6.07) is 5.70. The Morgan fingerprint density at radius 2 is 2.00 bits per heavy atom. The third kappa shape index (κ3) is 1.82. The second-order valence-electron chi connectivity index (χ2n) is 6.94. The maximum atomic E-state index is 12.8. The van der Waals surface area contributed by atoms with Crippen LogP contribution in [0.2, 0.25) is 0 Å². The first kappa shape index (κ1) is 15.5. The minimum atomic E-state index is -1.23. The number of esters is 1. The fourth-order valence-corrected chi connectivity index (χ4v) is 3.68. The topological polar surface area (TPSA) is 98.5 Å². The minimum absolute atomic E-state index is 0.112. The van der Waals surface area contributed by atoms with Gasteiger partial charge in [0, 0.05) is 23.2 Å². The zero-order valence-electron chi connectivity index (χ0n) is 13.2. The van der Waals surface area contributed by atoms with Crippen molar-refractivity contribution in [1.82, 2.24) is 0 Å². The molecule has 0 aromatic heterocycles. The lowest BCUT2D eigenvalue weighted by atomic mass is 9.66. The molecule has 1 N–H and O–H groups in total. The molecule has 1 aliphatic carbocycles. The van der Waals surface area contributed by atoms with Crippen molar-refractivity contribution >= 4 is 23.3 Å². The van der Waals surface area contributed by atoms with E-state index in [1.807, 2.05) is 20.8 Å². The molecule has 1 aromatic carbocycles. The van der Waals surface area contributed by atoms with E-state index < -0.39 is 27.3 Å². The number of carbonyl (C=O) groups excluding carboxylic acids is 2. The van der Waals surface area contributed by atoms with Gasteiger partial charge in [-0.15, -0.1) is 0 Å². The number of carbonyl (C=O) groups is 2. The lowest BCUT2D eigenvalue weighted by molar-refractivity contribution is -0.384. The molecule has 2 atom stereocenters. The molecule has 0 spiro atoms. The Balaban J connectivity index is 1.91. The van der Waals surface area contributed by atoms with Crippen molar-refractivity contribution in [3.05, 3.63) is 34.4 Å². The Morgan fingerprint density at radius 3 is 2.52 bits per heavy atom. The van der Waals surface area contributed by atoms with E-state index in [9.17, 15) is 19.7 Å². The second-order valence-corrected chi connectivity index (χ2v) is 6.94. The monoisotopic (exact) mass is 318 g/mol. The highest BCUT2D eigenvalue weighted by molar-refractivity contribution is 6.03. The number of anilines is 1. The van der Waals surface area contributed by atoms with Crippen LogP contribution in [0.1, 0.15) is 33.6 Å². The van der Waals surface area contributed by atoms with Crippen LogP contribution in [0.3, 0.4) is 0 Å². The van der Waals surface area contributed by atoms with Crippen molar-refractivity contribution in [3.8, 4) is 0 Å². The van der Waals surface area contributed by atoms with Crippen LogP contribution in [0.4, 0.5) is 11.4 Å². The number of nitro benzene ring substituents is 1. The first-order valence-corrected chi connectivity index (χ1v) is 7.43. The number of hydrogen-bond donors (Lipinski definition) is 1. The number of rotatable bonds is 3. The highest BCUT2D eigenvalue weighted by Gasteiger charge is 2.75. The van der Waals surface area contributed by atoms with Crippen LogP contribution in [0.25, 0.3) is 0 Å². The molecule has 2 bridgehead atoms. The van der Waals surface area contributed by atoms with E-state index in [1.54, 1.807) is 6.07 Å². The van der Waals surface area contributed by atoms with Gasteiger partial charge in [-0.1, -0.05) is 19.9 Å². The highest BCUT2D eigenvalue weighted by Crippen LogP contribution is 2.65. The van der Waals surface area contributed by atoms with E-state index >= 15 is 0 Å². The number of benzene rings is 1. The average molecular weight is 318 g/mol. The number of non-ortho nitro benzene ring substituents is 1. The Labute approximate surface area is 133 Å². The van der Waals surface area contributed by atoms with Gasteiger partial charge in [-0.05, 0) is 25.8 Å². The van der Waals surface area contributed by atoms with Crippen molar-refractivity contribution < 1.29 is 19.2 Å². The van der Waals surface area contributed by atoms with E-state index in [1.165, 1.54) is 18.2 Å². The van der Waals surface area contributed by atoms with Gasteiger partial charge in [0.1, 0.15) is 0 Å². The fourth-order valence-electron chi connectivity index (χ4n) is 3.68. The molecular formula is C16H18N2O5. The number of nitrogens with zero attached hydrogens (tertiary/aromatic N) is 1. The quantitative estimate of drug-likeness (QED) is 0.525. The van der Waals surface area contributed by atoms with Crippen molar-refractivity contribution in [2.75, 3.05) is 5.32 Å². The Bertz CT molecular complexity index is 729. The maximum absolute atomic E-state index is 12.8. The molecule has 1 aliphatic heterocycles. The van der Waals surface area contributed by atoms with E-state index in [4.69, 9.17) is 4.74 Å². The largest absolute Gasteiger partial charge is 0.448 e. The van der Waals surface area contributed by atoms with Crippen molar-refractivity contribution in [2.45, 2.75) is 39.2 Å². The summed E-state index contributed by atoms with van der Waals surface area (Å²) in [6.45, 7) is 5.54. The van der Waals surface area contributed by atoms with Gasteiger partial charge in [-0.25, -0.2) is 0 Å². The summed E-state index contributed by atoms with van der Waals surface area (Å²) in [5.41, 5.74) is -2.37. The molecule has 23 heavy (non-hydrogen) atoms. The van der Waals surface area contributed by atoms with Crippen molar-refractivity contribution in [3.63, 3.8) is 0 Å². The van der Waals surface area contributed by atoms with E-state index in [-0.39, 0.29) is 11.7 Å². The number of fused-ring (bicyclic) bond motifs is 2. The molecular weight excluding hydrogens is 300 g/mol. The molecule has 122 valence electrons. The summed E-state index contributed by atoms with van der Waals surface area (Å²) in [4.78, 5) is 35.3. The van der Waals surface area contributed by atoms with Gasteiger partial charge < -0.3 is 10.1 Å². The SMILES string of the molecule is CC1(C)[C@@]2(C)CC[C@]1(C(=O)Nc1cccc([N+](=O)[O-])c1)OC2=O. The van der Waals surface area contributed by atoms with Gasteiger partial charge in [0.05, 0.1) is 10.3 Å². The van der Waals surface area contributed by atoms with Crippen molar-refractivity contribution in [1.29, 1.82) is 0 Å². The summed E-state index contributed by atoms with van der Waals surface area (Å²) >= 11 is 0. The zero-order chi connectivity index (χ0) is 17.0. The molecule has 2 fully saturated rings. The fraction of sp³-hybridized carbons (Fsp3) is 0.500. The molecule has 0 radical (unpaired) electrons. The summed E-state index contributed by atoms with van der Waals surface area (Å²) < 4.78 is 5.49. The Hall–Kier alpha value is -2.44. The highest BCUT2D eigenvalue weighted by atomic mass is 16.6. The third-order valence-corrected chi connectivity index (χ3v) is 5.77. The van der Waals surface area contributed by atoms with Gasteiger partial charge in [0.25, 0.3) is 11.6 Å². The average Bonchev–Trinajstić information content (AvgIpc) is 2.78. The number of nitro groups is 1. The molecule has 1 saturated carbocycles. The van der Waals surface area contributed by atoms with E-state index in [0.717, 1.165) is 0 Å². The lowest BCUT2D eigenvalue weighted by Gasteiger charge is -2.35. The van der Waals surface area contributed by atoms with Crippen LogP contribution in [-0.2, 0) is 14.3 Å². The molecule has 2 aliphatic rings. The van der Waals surface area contributed by atoms with Gasteiger partial charge in [-0.3, -0.25) is 19.7 Å².